The Morgan fingerprint density at radius 3 is 2.94 bits per heavy atom. The van der Waals surface area contributed by atoms with E-state index in [4.69, 9.17) is 4.74 Å². The van der Waals surface area contributed by atoms with E-state index in [9.17, 15) is 5.11 Å². The molecule has 2 rings (SSSR count). The maximum Gasteiger partial charge on any atom is 0.213 e. The molecule has 3 atom stereocenters. The Morgan fingerprint density at radius 2 is 2.29 bits per heavy atom. The highest BCUT2D eigenvalue weighted by atomic mass is 32.2. The van der Waals surface area contributed by atoms with Crippen molar-refractivity contribution in [1.82, 2.24) is 4.98 Å². The molecule has 0 amide bonds. The molecule has 0 bridgehead atoms. The van der Waals surface area contributed by atoms with Crippen LogP contribution in [0, 0.1) is 0 Å². The third-order valence-corrected chi connectivity index (χ3v) is 4.15. The van der Waals surface area contributed by atoms with Crippen LogP contribution < -0.4 is 4.74 Å². The highest BCUT2D eigenvalue weighted by molar-refractivity contribution is 7.98. The summed E-state index contributed by atoms with van der Waals surface area (Å²) in [6.07, 6.45) is 4.45. The Balaban J connectivity index is 2.05. The summed E-state index contributed by atoms with van der Waals surface area (Å²) in [5.74, 6) is 0.634. The molecule has 1 aliphatic carbocycles. The molecule has 0 spiro atoms. The van der Waals surface area contributed by atoms with Gasteiger partial charge in [-0.25, -0.2) is 4.98 Å². The lowest BCUT2D eigenvalue weighted by Gasteiger charge is -2.17. The number of aromatic nitrogens is 1. The summed E-state index contributed by atoms with van der Waals surface area (Å²) in [5.41, 5.74) is 1.03. The molecule has 0 aliphatic heterocycles. The molecule has 1 aromatic rings. The zero-order valence-corrected chi connectivity index (χ0v) is 11.1. The van der Waals surface area contributed by atoms with Crippen LogP contribution in [0.15, 0.2) is 18.2 Å². The van der Waals surface area contributed by atoms with Gasteiger partial charge in [-0.15, -0.1) is 0 Å². The van der Waals surface area contributed by atoms with Crippen molar-refractivity contribution in [3.63, 3.8) is 0 Å². The van der Waals surface area contributed by atoms with Crippen molar-refractivity contribution in [3.8, 4) is 5.88 Å². The van der Waals surface area contributed by atoms with Crippen molar-refractivity contribution >= 4 is 11.8 Å². The lowest BCUT2D eigenvalue weighted by Crippen LogP contribution is -2.26. The third kappa shape index (κ3) is 3.13. The van der Waals surface area contributed by atoms with Crippen LogP contribution in [0.4, 0.5) is 0 Å². The van der Waals surface area contributed by atoms with Crippen molar-refractivity contribution < 1.29 is 9.84 Å². The number of rotatable bonds is 4. The lowest BCUT2D eigenvalue weighted by molar-refractivity contribution is 0.0573. The minimum absolute atomic E-state index is 0.0812. The van der Waals surface area contributed by atoms with E-state index in [2.05, 4.69) is 18.2 Å². The van der Waals surface area contributed by atoms with Crippen LogP contribution in [0.3, 0.4) is 0 Å². The van der Waals surface area contributed by atoms with Gasteiger partial charge in [0, 0.05) is 11.3 Å². The van der Waals surface area contributed by atoms with Crippen LogP contribution in [0.5, 0.6) is 5.88 Å². The molecule has 0 unspecified atom stereocenters. The fourth-order valence-electron chi connectivity index (χ4n) is 2.04. The maximum absolute atomic E-state index is 9.72. The van der Waals surface area contributed by atoms with Gasteiger partial charge in [-0.2, -0.15) is 11.8 Å². The summed E-state index contributed by atoms with van der Waals surface area (Å²) in [6.45, 7) is 2.13. The summed E-state index contributed by atoms with van der Waals surface area (Å²) in [7, 11) is 0. The molecule has 3 nitrogen and oxygen atoms in total. The van der Waals surface area contributed by atoms with E-state index in [1.165, 1.54) is 0 Å². The molecular weight excluding hydrogens is 234 g/mol. The van der Waals surface area contributed by atoms with E-state index < -0.39 is 0 Å². The summed E-state index contributed by atoms with van der Waals surface area (Å²) < 4.78 is 5.75. The normalized spacial score (nSPS) is 25.8. The SMILES string of the molecule is CS[C@@H](C)c1cccc(O[C@H]2CCC[C@@H]2O)n1. The van der Waals surface area contributed by atoms with Gasteiger partial charge < -0.3 is 9.84 Å². The van der Waals surface area contributed by atoms with E-state index >= 15 is 0 Å². The molecule has 1 N–H and O–H groups in total. The average molecular weight is 253 g/mol. The average Bonchev–Trinajstić information content (AvgIpc) is 2.74. The number of aliphatic hydroxyl groups excluding tert-OH is 1. The van der Waals surface area contributed by atoms with Crippen LogP contribution in [0.25, 0.3) is 0 Å². The second kappa shape index (κ2) is 5.74. The van der Waals surface area contributed by atoms with Gasteiger partial charge in [0.15, 0.2) is 0 Å². The van der Waals surface area contributed by atoms with E-state index in [1.54, 1.807) is 11.8 Å². The quantitative estimate of drug-likeness (QED) is 0.896. The number of thioether (sulfide) groups is 1. The molecule has 0 radical (unpaired) electrons. The van der Waals surface area contributed by atoms with Crippen molar-refractivity contribution in [1.29, 1.82) is 0 Å². The molecule has 4 heteroatoms. The molecule has 1 saturated carbocycles. The van der Waals surface area contributed by atoms with Crippen LogP contribution in [0.1, 0.15) is 37.1 Å². The van der Waals surface area contributed by atoms with Crippen LogP contribution >= 0.6 is 11.8 Å². The molecule has 94 valence electrons. The van der Waals surface area contributed by atoms with Crippen molar-refractivity contribution in [3.05, 3.63) is 23.9 Å². The van der Waals surface area contributed by atoms with Gasteiger partial charge in [0.05, 0.1) is 11.8 Å². The summed E-state index contributed by atoms with van der Waals surface area (Å²) in [5, 5.41) is 10.1. The van der Waals surface area contributed by atoms with Gasteiger partial charge in [-0.3, -0.25) is 0 Å². The smallest absolute Gasteiger partial charge is 0.213 e. The number of ether oxygens (including phenoxy) is 1. The van der Waals surface area contributed by atoms with E-state index in [0.717, 1.165) is 25.0 Å². The molecule has 1 heterocycles. The second-order valence-electron chi connectivity index (χ2n) is 4.43. The molecule has 17 heavy (non-hydrogen) atoms. The van der Waals surface area contributed by atoms with Crippen LogP contribution in [-0.2, 0) is 0 Å². The Kier molecular flexibility index (Phi) is 4.29. The molecule has 0 saturated heterocycles. The van der Waals surface area contributed by atoms with E-state index in [1.807, 2.05) is 18.2 Å². The van der Waals surface area contributed by atoms with Gasteiger partial charge in [0.2, 0.25) is 5.88 Å². The first-order chi connectivity index (χ1) is 8.20. The van der Waals surface area contributed by atoms with Gasteiger partial charge in [0.1, 0.15) is 6.10 Å². The fraction of sp³-hybridized carbons (Fsp3) is 0.615. The standard InChI is InChI=1S/C13H19NO2S/c1-9(17-2)10-5-3-8-13(14-10)16-12-7-4-6-11(12)15/h3,5,8-9,11-12,15H,4,6-7H2,1-2H3/t9-,11-,12-/m0/s1. The first kappa shape index (κ1) is 12.7. The number of aliphatic hydroxyl groups is 1. The molecular formula is C13H19NO2S. The number of hydrogen-bond donors (Lipinski definition) is 1. The first-order valence-corrected chi connectivity index (χ1v) is 7.34. The molecule has 1 fully saturated rings. The monoisotopic (exact) mass is 253 g/mol. The van der Waals surface area contributed by atoms with Gasteiger partial charge in [-0.05, 0) is 38.5 Å². The first-order valence-electron chi connectivity index (χ1n) is 6.05. The van der Waals surface area contributed by atoms with Crippen molar-refractivity contribution in [2.45, 2.75) is 43.6 Å². The Hall–Kier alpha value is -0.740. The topological polar surface area (TPSA) is 42.4 Å². The zero-order chi connectivity index (χ0) is 12.3. The maximum atomic E-state index is 9.72. The third-order valence-electron chi connectivity index (χ3n) is 3.20. The summed E-state index contributed by atoms with van der Waals surface area (Å²) in [6, 6.07) is 5.84. The Bertz CT molecular complexity index is 372. The predicted octanol–water partition coefficient (Wildman–Crippen LogP) is 2.80. The zero-order valence-electron chi connectivity index (χ0n) is 10.3. The minimum Gasteiger partial charge on any atom is -0.472 e. The Morgan fingerprint density at radius 1 is 1.47 bits per heavy atom. The molecule has 0 aromatic carbocycles. The predicted molar refractivity (Wildman–Crippen MR) is 70.4 cm³/mol. The number of nitrogens with zero attached hydrogens (tertiary/aromatic N) is 1. The fourth-order valence-corrected chi connectivity index (χ4v) is 2.42. The second-order valence-corrected chi connectivity index (χ2v) is 5.61. The van der Waals surface area contributed by atoms with Crippen molar-refractivity contribution in [2.75, 3.05) is 6.26 Å². The van der Waals surface area contributed by atoms with Gasteiger partial charge in [0.25, 0.3) is 0 Å². The van der Waals surface area contributed by atoms with Crippen LogP contribution in [-0.4, -0.2) is 28.6 Å². The van der Waals surface area contributed by atoms with Crippen LogP contribution in [0.2, 0.25) is 0 Å². The minimum atomic E-state index is -0.335. The van der Waals surface area contributed by atoms with Crippen molar-refractivity contribution in [2.24, 2.45) is 0 Å². The molecule has 1 aliphatic rings. The van der Waals surface area contributed by atoms with Gasteiger partial charge >= 0.3 is 0 Å². The number of hydrogen-bond acceptors (Lipinski definition) is 4. The van der Waals surface area contributed by atoms with E-state index in [-0.39, 0.29) is 12.2 Å². The Labute approximate surface area is 107 Å². The lowest BCUT2D eigenvalue weighted by atomic mass is 10.2. The highest BCUT2D eigenvalue weighted by Crippen LogP contribution is 2.27. The van der Waals surface area contributed by atoms with E-state index in [0.29, 0.717) is 11.1 Å². The highest BCUT2D eigenvalue weighted by Gasteiger charge is 2.27. The summed E-state index contributed by atoms with van der Waals surface area (Å²) in [4.78, 5) is 4.49. The molecule has 1 aromatic heterocycles. The number of pyridine rings is 1. The van der Waals surface area contributed by atoms with Gasteiger partial charge in [-0.1, -0.05) is 6.07 Å². The summed E-state index contributed by atoms with van der Waals surface area (Å²) >= 11 is 1.76. The largest absolute Gasteiger partial charge is 0.472 e.